The van der Waals surface area contributed by atoms with Gasteiger partial charge in [-0.25, -0.2) is 24.0 Å². The fraction of sp³-hybridized carbons (Fsp3) is 0.360. The molecule has 6 aromatic carbocycles. The second-order valence-electron chi connectivity index (χ2n) is 24.8. The summed E-state index contributed by atoms with van der Waals surface area (Å²) in [5, 5.41) is 50.7. The van der Waals surface area contributed by atoms with Gasteiger partial charge in [0.15, 0.2) is 0 Å². The van der Waals surface area contributed by atoms with E-state index in [0.29, 0.717) is 29.0 Å². The van der Waals surface area contributed by atoms with Gasteiger partial charge in [-0.3, -0.25) is 33.6 Å². The number of carbonyl (C=O) groups excluding carboxylic acids is 9. The van der Waals surface area contributed by atoms with Crippen LogP contribution in [0.3, 0.4) is 0 Å². The summed E-state index contributed by atoms with van der Waals surface area (Å²) < 4.78 is 16.1. The van der Waals surface area contributed by atoms with Crippen LogP contribution in [0.25, 0.3) is 0 Å². The van der Waals surface area contributed by atoms with Gasteiger partial charge in [-0.15, -0.1) is 11.8 Å². The number of ether oxygens (including phenoxy) is 3. The lowest BCUT2D eigenvalue weighted by atomic mass is 9.84. The molecule has 6 aromatic rings. The Morgan fingerprint density at radius 2 is 0.903 bits per heavy atom. The number of aliphatic carboxylic acids is 3. The average molecular weight is 1440 g/mol. The number of hydrogen-bond acceptors (Lipinski definition) is 16. The number of alkyl carbamates (subject to hydrolysis) is 1. The van der Waals surface area contributed by atoms with Crippen molar-refractivity contribution in [2.75, 3.05) is 25.4 Å². The van der Waals surface area contributed by atoms with Gasteiger partial charge < -0.3 is 77.4 Å². The van der Waals surface area contributed by atoms with Crippen LogP contribution in [0.5, 0.6) is 5.75 Å². The zero-order valence-corrected chi connectivity index (χ0v) is 58.7. The molecule has 0 spiro atoms. The summed E-state index contributed by atoms with van der Waals surface area (Å²) in [6.07, 6.45) is -3.79. The average Bonchev–Trinajstić information content (AvgIpc) is 0.756. The fourth-order valence-electron chi connectivity index (χ4n) is 10.6. The Bertz CT molecular complexity index is 3700. The summed E-state index contributed by atoms with van der Waals surface area (Å²) in [7, 11) is 0. The molecule has 548 valence electrons. The molecule has 0 aliphatic rings. The number of nitrogens with one attached hydrogen (secondary N) is 9. The maximum absolute atomic E-state index is 14.8. The van der Waals surface area contributed by atoms with Crippen molar-refractivity contribution >= 4 is 83.2 Å². The van der Waals surface area contributed by atoms with Gasteiger partial charge in [-0.2, -0.15) is 0 Å². The number of carboxylic acid groups (broad SMARTS) is 3. The third kappa shape index (κ3) is 27.0. The monoisotopic (exact) mass is 1440 g/mol. The number of carboxylic acids is 3. The number of hydrogen-bond donors (Lipinski definition) is 12. The highest BCUT2D eigenvalue weighted by Gasteiger charge is 2.40. The number of thioether (sulfide) groups is 1. The summed E-state index contributed by atoms with van der Waals surface area (Å²) >= 11 is 1.39. The first kappa shape index (κ1) is 80.7. The minimum Gasteiger partial charge on any atom is -0.494 e. The molecule has 0 saturated heterocycles. The number of urea groups is 1. The molecule has 0 fully saturated rings. The van der Waals surface area contributed by atoms with E-state index >= 15 is 0 Å². The molecule has 0 aromatic heterocycles. The van der Waals surface area contributed by atoms with Crippen molar-refractivity contribution in [3.63, 3.8) is 0 Å². The van der Waals surface area contributed by atoms with E-state index in [9.17, 15) is 67.7 Å². The van der Waals surface area contributed by atoms with Crippen molar-refractivity contribution in [1.82, 2.24) is 47.9 Å². The third-order valence-electron chi connectivity index (χ3n) is 15.8. The van der Waals surface area contributed by atoms with Crippen LogP contribution in [0, 0.1) is 0 Å². The Morgan fingerprint density at radius 1 is 0.447 bits per heavy atom. The maximum atomic E-state index is 14.8. The molecule has 28 heteroatoms. The van der Waals surface area contributed by atoms with Gasteiger partial charge in [-0.1, -0.05) is 171 Å². The van der Waals surface area contributed by atoms with Crippen LogP contribution in [0.4, 0.5) is 9.59 Å². The Hall–Kier alpha value is -11.3. The second-order valence-corrected chi connectivity index (χ2v) is 26.0. The van der Waals surface area contributed by atoms with E-state index in [1.54, 1.807) is 113 Å². The molecule has 27 nitrogen and oxygen atoms in total. The Balaban J connectivity index is 1.19. The largest absolute Gasteiger partial charge is 0.494 e. The van der Waals surface area contributed by atoms with Gasteiger partial charge in [0.2, 0.25) is 35.4 Å². The van der Waals surface area contributed by atoms with Crippen molar-refractivity contribution in [3.05, 3.63) is 209 Å². The quantitative estimate of drug-likeness (QED) is 0.0154. The number of carbonyl (C=O) groups is 12. The zero-order chi connectivity index (χ0) is 74.9. The highest BCUT2D eigenvalue weighted by Crippen LogP contribution is 2.48. The van der Waals surface area contributed by atoms with E-state index in [-0.39, 0.29) is 38.2 Å². The van der Waals surface area contributed by atoms with E-state index in [2.05, 4.69) is 37.2 Å². The predicted octanol–water partition coefficient (Wildman–Crippen LogP) is 6.05. The van der Waals surface area contributed by atoms with Crippen molar-refractivity contribution < 1.29 is 87.1 Å². The maximum Gasteiger partial charge on any atom is 0.408 e. The smallest absolute Gasteiger partial charge is 0.408 e. The normalized spacial score (nSPS) is 13.2. The molecule has 12 N–H and O–H groups in total. The number of amides is 9. The molecule has 0 bridgehead atoms. The van der Waals surface area contributed by atoms with Gasteiger partial charge in [0.05, 0.1) is 11.4 Å². The van der Waals surface area contributed by atoms with Crippen molar-refractivity contribution in [1.29, 1.82) is 0 Å². The SMILES string of the molecule is CCOc1ccc(COC(=O)[C@H](CSC(c2ccccc2)(c2ccccc2)c2ccccc2)NC(=O)[C@H](CC)NC(=O)[C@H](CNC(=O)[C@H](Cc2ccccc2)NC(=O)[C@H](Cc2ccccc2)NC(=O)CCNC(=O)CC[C@H](NC(=O)N[C@@H](CCC(=O)O)C(=O)O)C(=O)O)NC(=O)OC(C)(C)C)cc1. The minimum absolute atomic E-state index is 0.0378. The minimum atomic E-state index is -1.68. The lowest BCUT2D eigenvalue weighted by Crippen LogP contribution is -2.60. The molecule has 9 amide bonds. The van der Waals surface area contributed by atoms with Gasteiger partial charge in [0, 0.05) is 50.9 Å². The number of benzene rings is 6. The lowest BCUT2D eigenvalue weighted by molar-refractivity contribution is -0.148. The standard InChI is InChI=1S/C75H89N9O18S/c1-6-55(66(90)81-61(71(97)101-46-50-33-35-54(36-34-50)100-7-2)47-103-75(51-27-17-10-18-28-51,52-29-19-11-20-30-52)53-31-21-12-22-32-53)79-68(92)60(84-73(99)102-74(3,4)5)45-77-65(89)58(43-48-23-13-8-14-24-48)80-67(91)59(44-49-25-15-9-16-26-49)78-63(86)41-42-76-62(85)39-37-56(69(93)94)82-72(98)83-57(70(95)96)38-40-64(87)88/h8-36,55-61H,6-7,37-47H2,1-5H3,(H,76,85)(H,77,89)(H,78,86)(H,79,92)(H,80,91)(H,81,90)(H,84,99)(H,87,88)(H,93,94)(H,95,96)(H2,82,83,98)/t55-,56-,57-,58-,59-,60-,61-/m0/s1. The van der Waals surface area contributed by atoms with Crippen LogP contribution in [0.15, 0.2) is 176 Å². The van der Waals surface area contributed by atoms with Gasteiger partial charge >= 0.3 is 36.0 Å². The molecule has 0 aliphatic heterocycles. The second kappa shape index (κ2) is 40.8. The molecule has 0 saturated carbocycles. The molecular weight excluding hydrogens is 1350 g/mol. The lowest BCUT2D eigenvalue weighted by Gasteiger charge is -2.36. The van der Waals surface area contributed by atoms with Crippen LogP contribution in [-0.2, 0) is 81.6 Å². The van der Waals surface area contributed by atoms with Crippen LogP contribution in [-0.4, -0.2) is 160 Å². The molecule has 0 unspecified atom stereocenters. The molecule has 7 atom stereocenters. The van der Waals surface area contributed by atoms with Gasteiger partial charge in [0.25, 0.3) is 0 Å². The van der Waals surface area contributed by atoms with E-state index in [1.165, 1.54) is 11.8 Å². The summed E-state index contributed by atoms with van der Waals surface area (Å²) in [4.78, 5) is 160. The third-order valence-corrected chi connectivity index (χ3v) is 17.4. The highest BCUT2D eigenvalue weighted by atomic mass is 32.2. The first-order valence-electron chi connectivity index (χ1n) is 33.5. The van der Waals surface area contributed by atoms with Gasteiger partial charge in [-0.05, 0) is 92.5 Å². The number of rotatable bonds is 40. The Morgan fingerprint density at radius 3 is 1.38 bits per heavy atom. The van der Waals surface area contributed by atoms with E-state index < -0.39 is 163 Å². The van der Waals surface area contributed by atoms with E-state index in [4.69, 9.17) is 19.3 Å². The predicted molar refractivity (Wildman–Crippen MR) is 382 cm³/mol. The summed E-state index contributed by atoms with van der Waals surface area (Å²) in [5.74, 6) is -9.54. The molecule has 0 radical (unpaired) electrons. The summed E-state index contributed by atoms with van der Waals surface area (Å²) in [5.41, 5.74) is 3.40. The molecule has 6 rings (SSSR count). The van der Waals surface area contributed by atoms with Crippen molar-refractivity contribution in [3.8, 4) is 5.75 Å². The van der Waals surface area contributed by atoms with E-state index in [1.807, 2.05) is 109 Å². The number of esters is 1. The van der Waals surface area contributed by atoms with Crippen molar-refractivity contribution in [2.45, 2.75) is 145 Å². The Labute approximate surface area is 601 Å². The van der Waals surface area contributed by atoms with Crippen molar-refractivity contribution in [2.24, 2.45) is 0 Å². The van der Waals surface area contributed by atoms with E-state index in [0.717, 1.165) is 16.7 Å². The first-order valence-corrected chi connectivity index (χ1v) is 34.5. The topological polar surface area (TPSA) is 401 Å². The fourth-order valence-corrected chi connectivity index (χ4v) is 12.2. The first-order chi connectivity index (χ1) is 49.3. The van der Waals surface area contributed by atoms with Crippen LogP contribution in [0.2, 0.25) is 0 Å². The van der Waals surface area contributed by atoms with Crippen LogP contribution >= 0.6 is 11.8 Å². The zero-order valence-electron chi connectivity index (χ0n) is 57.9. The van der Waals surface area contributed by atoms with Gasteiger partial charge in [0.1, 0.15) is 60.3 Å². The Kier molecular flexibility index (Phi) is 32.0. The molecule has 103 heavy (non-hydrogen) atoms. The summed E-state index contributed by atoms with van der Waals surface area (Å²) in [6.45, 7) is 7.61. The molecule has 0 heterocycles. The summed E-state index contributed by atoms with van der Waals surface area (Å²) in [6, 6.07) is 41.6. The highest BCUT2D eigenvalue weighted by molar-refractivity contribution is 8.00. The molecular formula is C75H89N9O18S. The molecule has 0 aliphatic carbocycles. The van der Waals surface area contributed by atoms with Crippen LogP contribution < -0.4 is 52.6 Å². The van der Waals surface area contributed by atoms with Crippen LogP contribution in [0.1, 0.15) is 107 Å².